The quantitative estimate of drug-likeness (QED) is 0.796. The van der Waals surface area contributed by atoms with Crippen molar-refractivity contribution in [2.75, 3.05) is 0 Å². The van der Waals surface area contributed by atoms with Crippen molar-refractivity contribution >= 4 is 6.09 Å². The predicted molar refractivity (Wildman–Crippen MR) is 89.7 cm³/mol. The first-order valence-corrected chi connectivity index (χ1v) is 9.02. The van der Waals surface area contributed by atoms with Crippen molar-refractivity contribution in [2.45, 2.75) is 82.3 Å². The van der Waals surface area contributed by atoms with Crippen LogP contribution in [-0.4, -0.2) is 43.8 Å². The van der Waals surface area contributed by atoms with E-state index < -0.39 is 29.3 Å². The molecule has 2 atom stereocenters. The highest BCUT2D eigenvalue weighted by molar-refractivity contribution is 5.69. The Labute approximate surface area is 155 Å². The fourth-order valence-electron chi connectivity index (χ4n) is 3.99. The van der Waals surface area contributed by atoms with Gasteiger partial charge in [-0.25, -0.2) is 14.8 Å². The zero-order valence-corrected chi connectivity index (χ0v) is 15.6. The maximum atomic E-state index is 12.7. The second kappa shape index (κ2) is 6.61. The number of fused-ring (bicyclic) bond motifs is 2. The second-order valence-corrected chi connectivity index (χ2v) is 8.36. The molecule has 2 fully saturated rings. The Bertz CT molecular complexity index is 687. The van der Waals surface area contributed by atoms with Gasteiger partial charge >= 0.3 is 12.3 Å². The molecule has 2 aliphatic rings. The summed E-state index contributed by atoms with van der Waals surface area (Å²) in [5, 5.41) is 11.1. The first-order chi connectivity index (χ1) is 12.4. The SMILES string of the molecule is CC(C)(C)OC(=O)N1C2CCCC1CC(O)(c1cnc(C(F)(F)F)nc1)C2. The van der Waals surface area contributed by atoms with E-state index in [2.05, 4.69) is 9.97 Å². The fourth-order valence-corrected chi connectivity index (χ4v) is 3.99. The summed E-state index contributed by atoms with van der Waals surface area (Å²) in [5.74, 6) is -1.23. The van der Waals surface area contributed by atoms with E-state index >= 15 is 0 Å². The van der Waals surface area contributed by atoms with Gasteiger partial charge in [0.05, 0.1) is 5.60 Å². The number of piperidine rings is 2. The number of halogens is 3. The van der Waals surface area contributed by atoms with Gasteiger partial charge in [-0.3, -0.25) is 0 Å². The third kappa shape index (κ3) is 4.17. The van der Waals surface area contributed by atoms with Gasteiger partial charge in [0.2, 0.25) is 5.82 Å². The number of aromatic nitrogens is 2. The van der Waals surface area contributed by atoms with E-state index in [1.807, 2.05) is 0 Å². The minimum atomic E-state index is -4.63. The summed E-state index contributed by atoms with van der Waals surface area (Å²) in [5.41, 5.74) is -1.74. The number of rotatable bonds is 1. The molecule has 2 saturated heterocycles. The van der Waals surface area contributed by atoms with E-state index in [0.717, 1.165) is 18.8 Å². The molecule has 1 N–H and O–H groups in total. The molecule has 150 valence electrons. The Morgan fingerprint density at radius 3 is 2.15 bits per heavy atom. The maximum Gasteiger partial charge on any atom is 0.451 e. The molecule has 3 rings (SSSR count). The Balaban J connectivity index is 1.82. The van der Waals surface area contributed by atoms with E-state index in [1.54, 1.807) is 25.7 Å². The fraction of sp³-hybridized carbons (Fsp3) is 0.722. The minimum absolute atomic E-state index is 0.220. The molecular formula is C18H24F3N3O3. The van der Waals surface area contributed by atoms with E-state index in [4.69, 9.17) is 4.74 Å². The van der Waals surface area contributed by atoms with Crippen LogP contribution in [0.4, 0.5) is 18.0 Å². The summed E-state index contributed by atoms with van der Waals surface area (Å²) >= 11 is 0. The number of nitrogens with zero attached hydrogens (tertiary/aromatic N) is 3. The van der Waals surface area contributed by atoms with E-state index in [0.29, 0.717) is 12.8 Å². The van der Waals surface area contributed by atoms with E-state index in [9.17, 15) is 23.1 Å². The van der Waals surface area contributed by atoms with Crippen LogP contribution in [0.25, 0.3) is 0 Å². The van der Waals surface area contributed by atoms with Gasteiger partial charge in [-0.15, -0.1) is 0 Å². The van der Waals surface area contributed by atoms with Crippen molar-refractivity contribution < 1.29 is 27.8 Å². The van der Waals surface area contributed by atoms with Gasteiger partial charge in [-0.2, -0.15) is 13.2 Å². The van der Waals surface area contributed by atoms with Crippen LogP contribution in [0.3, 0.4) is 0 Å². The summed E-state index contributed by atoms with van der Waals surface area (Å²) in [7, 11) is 0. The minimum Gasteiger partial charge on any atom is -0.444 e. The normalized spacial score (nSPS) is 28.8. The summed E-state index contributed by atoms with van der Waals surface area (Å²) in [4.78, 5) is 21.0. The largest absolute Gasteiger partial charge is 0.451 e. The molecule has 3 heterocycles. The number of hydrogen-bond acceptors (Lipinski definition) is 5. The second-order valence-electron chi connectivity index (χ2n) is 8.36. The van der Waals surface area contributed by atoms with Crippen molar-refractivity contribution in [1.29, 1.82) is 0 Å². The summed E-state index contributed by atoms with van der Waals surface area (Å²) < 4.78 is 43.5. The summed E-state index contributed by atoms with van der Waals surface area (Å²) in [6, 6.07) is -0.473. The van der Waals surface area contributed by atoms with Crippen LogP contribution >= 0.6 is 0 Å². The average molecular weight is 387 g/mol. The third-order valence-electron chi connectivity index (χ3n) is 5.06. The van der Waals surface area contributed by atoms with Crippen LogP contribution < -0.4 is 0 Å². The smallest absolute Gasteiger partial charge is 0.444 e. The average Bonchev–Trinajstić information content (AvgIpc) is 2.51. The number of amides is 1. The summed E-state index contributed by atoms with van der Waals surface area (Å²) in [6.07, 6.45) is -0.188. The van der Waals surface area contributed by atoms with E-state index in [-0.39, 0.29) is 30.5 Å². The number of alkyl halides is 3. The molecule has 0 radical (unpaired) electrons. The standard InChI is InChI=1S/C18H24F3N3O3/c1-16(2,3)27-15(25)24-12-5-4-6-13(24)8-17(26,7-12)11-9-22-14(23-10-11)18(19,20)21/h9-10,12-13,26H,4-8H2,1-3H3. The van der Waals surface area contributed by atoms with Crippen LogP contribution in [0, 0.1) is 0 Å². The molecule has 0 aliphatic carbocycles. The van der Waals surface area contributed by atoms with Crippen molar-refractivity contribution in [3.05, 3.63) is 23.8 Å². The van der Waals surface area contributed by atoms with Gasteiger partial charge in [0.1, 0.15) is 5.60 Å². The van der Waals surface area contributed by atoms with E-state index in [1.165, 1.54) is 0 Å². The van der Waals surface area contributed by atoms with Crippen LogP contribution in [0.15, 0.2) is 12.4 Å². The number of ether oxygens (including phenoxy) is 1. The highest BCUT2D eigenvalue weighted by Gasteiger charge is 2.49. The topological polar surface area (TPSA) is 75.5 Å². The van der Waals surface area contributed by atoms with Crippen LogP contribution in [0.2, 0.25) is 0 Å². The molecule has 1 aromatic heterocycles. The first kappa shape index (κ1) is 19.9. The molecule has 27 heavy (non-hydrogen) atoms. The molecule has 0 spiro atoms. The summed E-state index contributed by atoms with van der Waals surface area (Å²) in [6.45, 7) is 5.38. The zero-order chi connectivity index (χ0) is 20.0. The third-order valence-corrected chi connectivity index (χ3v) is 5.06. The molecule has 9 heteroatoms. The number of aliphatic hydroxyl groups is 1. The van der Waals surface area contributed by atoms with Gasteiger partial charge in [0.15, 0.2) is 0 Å². The highest BCUT2D eigenvalue weighted by Crippen LogP contribution is 2.44. The van der Waals surface area contributed by atoms with Crippen LogP contribution in [0.5, 0.6) is 0 Å². The zero-order valence-electron chi connectivity index (χ0n) is 15.6. The Hall–Kier alpha value is -1.90. The lowest BCUT2D eigenvalue weighted by Crippen LogP contribution is -2.59. The van der Waals surface area contributed by atoms with Crippen molar-refractivity contribution in [2.24, 2.45) is 0 Å². The molecular weight excluding hydrogens is 363 g/mol. The lowest BCUT2D eigenvalue weighted by molar-refractivity contribution is -0.145. The van der Waals surface area contributed by atoms with Gasteiger partial charge in [-0.05, 0) is 40.0 Å². The lowest BCUT2D eigenvalue weighted by atomic mass is 9.73. The van der Waals surface area contributed by atoms with Crippen LogP contribution in [0.1, 0.15) is 64.3 Å². The lowest BCUT2D eigenvalue weighted by Gasteiger charge is -2.51. The van der Waals surface area contributed by atoms with Gasteiger partial charge in [-0.1, -0.05) is 0 Å². The van der Waals surface area contributed by atoms with Gasteiger partial charge < -0.3 is 14.7 Å². The highest BCUT2D eigenvalue weighted by atomic mass is 19.4. The van der Waals surface area contributed by atoms with Crippen molar-refractivity contribution in [1.82, 2.24) is 14.9 Å². The van der Waals surface area contributed by atoms with Gasteiger partial charge in [0, 0.05) is 42.9 Å². The predicted octanol–water partition coefficient (Wildman–Crippen LogP) is 3.64. The molecule has 0 saturated carbocycles. The number of carbonyl (C=O) groups is 1. The first-order valence-electron chi connectivity index (χ1n) is 9.02. The molecule has 6 nitrogen and oxygen atoms in total. The molecule has 2 bridgehead atoms. The molecule has 0 aromatic carbocycles. The van der Waals surface area contributed by atoms with Gasteiger partial charge in [0.25, 0.3) is 0 Å². The number of carbonyl (C=O) groups excluding carboxylic acids is 1. The maximum absolute atomic E-state index is 12.7. The van der Waals surface area contributed by atoms with Crippen LogP contribution in [-0.2, 0) is 16.5 Å². The Morgan fingerprint density at radius 1 is 1.19 bits per heavy atom. The Morgan fingerprint density at radius 2 is 1.70 bits per heavy atom. The monoisotopic (exact) mass is 387 g/mol. The van der Waals surface area contributed by atoms with Crippen molar-refractivity contribution in [3.8, 4) is 0 Å². The molecule has 2 aliphatic heterocycles. The Kier molecular flexibility index (Phi) is 4.86. The van der Waals surface area contributed by atoms with Crippen molar-refractivity contribution in [3.63, 3.8) is 0 Å². The molecule has 1 amide bonds. The molecule has 2 unspecified atom stereocenters. The molecule has 1 aromatic rings. The number of hydrogen-bond donors (Lipinski definition) is 1.